The molecule has 1 aromatic carbocycles. The highest BCUT2D eigenvalue weighted by atomic mass is 35.5. The number of halogens is 1. The van der Waals surface area contributed by atoms with Crippen molar-refractivity contribution in [3.8, 4) is 0 Å². The third-order valence-corrected chi connectivity index (χ3v) is 3.32. The van der Waals surface area contributed by atoms with Gasteiger partial charge in [0.25, 0.3) is 5.91 Å². The first-order chi connectivity index (χ1) is 8.97. The van der Waals surface area contributed by atoms with Crippen molar-refractivity contribution in [2.75, 3.05) is 18.9 Å². The van der Waals surface area contributed by atoms with Crippen LogP contribution in [0.25, 0.3) is 0 Å². The van der Waals surface area contributed by atoms with Crippen LogP contribution in [0.1, 0.15) is 31.1 Å². The maximum absolute atomic E-state index is 12.2. The van der Waals surface area contributed by atoms with Crippen LogP contribution >= 0.6 is 11.6 Å². The molecule has 106 valence electrons. The van der Waals surface area contributed by atoms with Gasteiger partial charge < -0.3 is 15.8 Å². The second kappa shape index (κ2) is 7.36. The summed E-state index contributed by atoms with van der Waals surface area (Å²) in [5.41, 5.74) is 6.49. The molecule has 0 bridgehead atoms. The standard InChI is InChI=1S/C14H21ClN2O2/c1-4-19-8-12(9(2)3)17-14(18)10-6-5-7-11(16)13(10)15/h5-7,9,12H,4,8,16H2,1-3H3,(H,17,18). The molecule has 0 heterocycles. The highest BCUT2D eigenvalue weighted by Gasteiger charge is 2.19. The van der Waals surface area contributed by atoms with E-state index >= 15 is 0 Å². The number of nitrogens with two attached hydrogens (primary N) is 1. The molecular formula is C14H21ClN2O2. The summed E-state index contributed by atoms with van der Waals surface area (Å²) >= 11 is 6.04. The number of benzene rings is 1. The number of anilines is 1. The molecule has 5 heteroatoms. The molecule has 0 aliphatic rings. The minimum atomic E-state index is -0.226. The molecule has 1 atom stereocenters. The van der Waals surface area contributed by atoms with Gasteiger partial charge in [0.05, 0.1) is 28.9 Å². The predicted molar refractivity (Wildman–Crippen MR) is 78.4 cm³/mol. The molecule has 0 aromatic heterocycles. The van der Waals surface area contributed by atoms with E-state index in [-0.39, 0.29) is 17.9 Å². The summed E-state index contributed by atoms with van der Waals surface area (Å²) < 4.78 is 5.38. The zero-order chi connectivity index (χ0) is 14.4. The lowest BCUT2D eigenvalue weighted by molar-refractivity contribution is 0.0806. The Morgan fingerprint density at radius 2 is 2.16 bits per heavy atom. The fourth-order valence-electron chi connectivity index (χ4n) is 1.62. The van der Waals surface area contributed by atoms with Crippen LogP contribution in [0.3, 0.4) is 0 Å². The van der Waals surface area contributed by atoms with Gasteiger partial charge in [0, 0.05) is 6.61 Å². The SMILES string of the molecule is CCOCC(NC(=O)c1cccc(N)c1Cl)C(C)C. The topological polar surface area (TPSA) is 64.3 Å². The van der Waals surface area contributed by atoms with Crippen LogP contribution in [0, 0.1) is 5.92 Å². The molecule has 0 saturated heterocycles. The summed E-state index contributed by atoms with van der Waals surface area (Å²) in [4.78, 5) is 12.2. The number of ether oxygens (including phenoxy) is 1. The predicted octanol–water partition coefficient (Wildman–Crippen LogP) is 2.71. The van der Waals surface area contributed by atoms with E-state index < -0.39 is 0 Å². The van der Waals surface area contributed by atoms with Crippen molar-refractivity contribution in [2.45, 2.75) is 26.8 Å². The second-order valence-corrected chi connectivity index (χ2v) is 5.07. The summed E-state index contributed by atoms with van der Waals surface area (Å²) in [5.74, 6) is 0.0473. The van der Waals surface area contributed by atoms with Crippen LogP contribution in [0.5, 0.6) is 0 Å². The van der Waals surface area contributed by atoms with Crippen LogP contribution in [0.15, 0.2) is 18.2 Å². The first kappa shape index (κ1) is 15.8. The van der Waals surface area contributed by atoms with Gasteiger partial charge in [0.15, 0.2) is 0 Å². The number of nitrogen functional groups attached to an aromatic ring is 1. The van der Waals surface area contributed by atoms with Gasteiger partial charge in [-0.3, -0.25) is 4.79 Å². The van der Waals surface area contributed by atoms with Crippen molar-refractivity contribution in [3.05, 3.63) is 28.8 Å². The summed E-state index contributed by atoms with van der Waals surface area (Å²) in [6.07, 6.45) is 0. The van der Waals surface area contributed by atoms with Gasteiger partial charge in [-0.2, -0.15) is 0 Å². The average Bonchev–Trinajstić information content (AvgIpc) is 2.37. The van der Waals surface area contributed by atoms with Gasteiger partial charge >= 0.3 is 0 Å². The number of carbonyl (C=O) groups is 1. The molecule has 1 unspecified atom stereocenters. The fourth-order valence-corrected chi connectivity index (χ4v) is 1.83. The van der Waals surface area contributed by atoms with Crippen molar-refractivity contribution in [1.29, 1.82) is 0 Å². The monoisotopic (exact) mass is 284 g/mol. The van der Waals surface area contributed by atoms with Crippen LogP contribution in [0.4, 0.5) is 5.69 Å². The number of rotatable bonds is 6. The molecule has 0 aliphatic heterocycles. The van der Waals surface area contributed by atoms with Gasteiger partial charge in [-0.05, 0) is 25.0 Å². The molecule has 1 aromatic rings. The minimum absolute atomic E-state index is 0.0510. The molecular weight excluding hydrogens is 264 g/mol. The Hall–Kier alpha value is -1.26. The number of hydrogen-bond donors (Lipinski definition) is 2. The summed E-state index contributed by atoms with van der Waals surface area (Å²) in [6.45, 7) is 7.10. The Balaban J connectivity index is 2.79. The Morgan fingerprint density at radius 1 is 1.47 bits per heavy atom. The third kappa shape index (κ3) is 4.40. The minimum Gasteiger partial charge on any atom is -0.398 e. The van der Waals surface area contributed by atoms with E-state index in [1.807, 2.05) is 20.8 Å². The molecule has 0 saturated carbocycles. The average molecular weight is 285 g/mol. The second-order valence-electron chi connectivity index (χ2n) is 4.69. The summed E-state index contributed by atoms with van der Waals surface area (Å²) in [5, 5.41) is 3.22. The van der Waals surface area contributed by atoms with Crippen LogP contribution in [-0.4, -0.2) is 25.2 Å². The Morgan fingerprint density at radius 3 is 2.74 bits per heavy atom. The van der Waals surface area contributed by atoms with Gasteiger partial charge in [0.1, 0.15) is 0 Å². The van der Waals surface area contributed by atoms with Crippen molar-refractivity contribution in [3.63, 3.8) is 0 Å². The van der Waals surface area contributed by atoms with Crippen LogP contribution < -0.4 is 11.1 Å². The lowest BCUT2D eigenvalue weighted by atomic mass is 10.0. The molecule has 3 N–H and O–H groups in total. The van der Waals surface area contributed by atoms with E-state index in [1.54, 1.807) is 18.2 Å². The lowest BCUT2D eigenvalue weighted by Crippen LogP contribution is -2.42. The van der Waals surface area contributed by atoms with Crippen molar-refractivity contribution < 1.29 is 9.53 Å². The number of hydrogen-bond acceptors (Lipinski definition) is 3. The van der Waals surface area contributed by atoms with Gasteiger partial charge in [-0.25, -0.2) is 0 Å². The molecule has 0 spiro atoms. The van der Waals surface area contributed by atoms with E-state index in [9.17, 15) is 4.79 Å². The van der Waals surface area contributed by atoms with Crippen molar-refractivity contribution in [1.82, 2.24) is 5.32 Å². The van der Waals surface area contributed by atoms with Crippen LogP contribution in [0.2, 0.25) is 5.02 Å². The molecule has 1 amide bonds. The van der Waals surface area contributed by atoms with E-state index in [1.165, 1.54) is 0 Å². The Labute approximate surface area is 119 Å². The molecule has 4 nitrogen and oxygen atoms in total. The van der Waals surface area contributed by atoms with E-state index in [2.05, 4.69) is 5.32 Å². The van der Waals surface area contributed by atoms with Gasteiger partial charge in [-0.1, -0.05) is 31.5 Å². The number of amides is 1. The van der Waals surface area contributed by atoms with Crippen molar-refractivity contribution >= 4 is 23.2 Å². The maximum Gasteiger partial charge on any atom is 0.253 e. The molecule has 0 radical (unpaired) electrons. The number of nitrogens with one attached hydrogen (secondary N) is 1. The highest BCUT2D eigenvalue weighted by Crippen LogP contribution is 2.23. The summed E-state index contributed by atoms with van der Waals surface area (Å²) in [7, 11) is 0. The van der Waals surface area contributed by atoms with Crippen LogP contribution in [-0.2, 0) is 4.74 Å². The molecule has 19 heavy (non-hydrogen) atoms. The van der Waals surface area contributed by atoms with E-state index in [0.29, 0.717) is 29.5 Å². The molecule has 0 aliphatic carbocycles. The van der Waals surface area contributed by atoms with Gasteiger partial charge in [-0.15, -0.1) is 0 Å². The zero-order valence-corrected chi connectivity index (χ0v) is 12.3. The Kier molecular flexibility index (Phi) is 6.12. The molecule has 1 rings (SSSR count). The molecule has 0 fully saturated rings. The Bertz CT molecular complexity index is 435. The quantitative estimate of drug-likeness (QED) is 0.790. The number of carbonyl (C=O) groups excluding carboxylic acids is 1. The first-order valence-electron chi connectivity index (χ1n) is 6.40. The summed E-state index contributed by atoms with van der Waals surface area (Å²) in [6, 6.07) is 4.99. The smallest absolute Gasteiger partial charge is 0.253 e. The maximum atomic E-state index is 12.2. The third-order valence-electron chi connectivity index (χ3n) is 2.90. The van der Waals surface area contributed by atoms with Gasteiger partial charge in [0.2, 0.25) is 0 Å². The zero-order valence-electron chi connectivity index (χ0n) is 11.6. The lowest BCUT2D eigenvalue weighted by Gasteiger charge is -2.22. The van der Waals surface area contributed by atoms with E-state index in [0.717, 1.165) is 0 Å². The first-order valence-corrected chi connectivity index (χ1v) is 6.77. The fraction of sp³-hybridized carbons (Fsp3) is 0.500. The highest BCUT2D eigenvalue weighted by molar-refractivity contribution is 6.36. The van der Waals surface area contributed by atoms with Crippen molar-refractivity contribution in [2.24, 2.45) is 5.92 Å². The largest absolute Gasteiger partial charge is 0.398 e. The normalized spacial score (nSPS) is 12.5. The van der Waals surface area contributed by atoms with E-state index in [4.69, 9.17) is 22.1 Å².